The van der Waals surface area contributed by atoms with E-state index in [9.17, 15) is 21.6 Å². The first kappa shape index (κ1) is 17.9. The Balaban J connectivity index is 1.95. The SMILES string of the molecule is O=S(=O)(c1ccc(F)c(F)c1F)N1CCCCC1Cc1ccccc1. The third kappa shape index (κ3) is 3.57. The van der Waals surface area contributed by atoms with Crippen molar-refractivity contribution in [1.29, 1.82) is 0 Å². The maximum absolute atomic E-state index is 14.0. The van der Waals surface area contributed by atoms with Crippen LogP contribution in [0.15, 0.2) is 47.4 Å². The first-order valence-electron chi connectivity index (χ1n) is 8.10. The van der Waals surface area contributed by atoms with Crippen molar-refractivity contribution in [3.05, 3.63) is 65.5 Å². The van der Waals surface area contributed by atoms with Gasteiger partial charge in [0.25, 0.3) is 0 Å². The Morgan fingerprint density at radius 3 is 2.40 bits per heavy atom. The Hall–Kier alpha value is -1.86. The summed E-state index contributed by atoms with van der Waals surface area (Å²) in [7, 11) is -4.25. The van der Waals surface area contributed by atoms with E-state index in [2.05, 4.69) is 0 Å². The maximum Gasteiger partial charge on any atom is 0.246 e. The average Bonchev–Trinajstić information content (AvgIpc) is 2.61. The molecule has 2 aromatic carbocycles. The van der Waals surface area contributed by atoms with Crippen LogP contribution in [0.1, 0.15) is 24.8 Å². The van der Waals surface area contributed by atoms with Gasteiger partial charge >= 0.3 is 0 Å². The molecule has 0 N–H and O–H groups in total. The van der Waals surface area contributed by atoms with Gasteiger partial charge in [0.05, 0.1) is 0 Å². The quantitative estimate of drug-likeness (QED) is 0.767. The van der Waals surface area contributed by atoms with Crippen LogP contribution in [0.4, 0.5) is 13.2 Å². The van der Waals surface area contributed by atoms with Gasteiger partial charge < -0.3 is 0 Å². The van der Waals surface area contributed by atoms with Crippen molar-refractivity contribution in [1.82, 2.24) is 4.31 Å². The van der Waals surface area contributed by atoms with Crippen molar-refractivity contribution in [2.45, 2.75) is 36.6 Å². The van der Waals surface area contributed by atoms with Gasteiger partial charge in [0.2, 0.25) is 10.0 Å². The van der Waals surface area contributed by atoms with E-state index in [4.69, 9.17) is 0 Å². The predicted molar refractivity (Wildman–Crippen MR) is 88.0 cm³/mol. The highest BCUT2D eigenvalue weighted by molar-refractivity contribution is 7.89. The molecular formula is C18H18F3NO2S. The molecular weight excluding hydrogens is 351 g/mol. The van der Waals surface area contributed by atoms with Gasteiger partial charge in [-0.15, -0.1) is 0 Å². The first-order valence-corrected chi connectivity index (χ1v) is 9.54. The molecule has 1 saturated heterocycles. The van der Waals surface area contributed by atoms with Crippen molar-refractivity contribution in [3.63, 3.8) is 0 Å². The lowest BCUT2D eigenvalue weighted by Gasteiger charge is -2.35. The monoisotopic (exact) mass is 369 g/mol. The van der Waals surface area contributed by atoms with Crippen molar-refractivity contribution in [2.24, 2.45) is 0 Å². The Labute approximate surface area is 145 Å². The largest absolute Gasteiger partial charge is 0.246 e. The highest BCUT2D eigenvalue weighted by Gasteiger charge is 2.36. The minimum Gasteiger partial charge on any atom is -0.207 e. The number of nitrogens with zero attached hydrogens (tertiary/aromatic N) is 1. The Bertz CT molecular complexity index is 856. The van der Waals surface area contributed by atoms with E-state index < -0.39 is 32.4 Å². The lowest BCUT2D eigenvalue weighted by Crippen LogP contribution is -2.45. The normalized spacial score (nSPS) is 19.1. The molecule has 0 amide bonds. The Kier molecular flexibility index (Phi) is 5.15. The van der Waals surface area contributed by atoms with Gasteiger partial charge in [0.1, 0.15) is 4.90 Å². The lowest BCUT2D eigenvalue weighted by molar-refractivity contribution is 0.250. The van der Waals surface area contributed by atoms with Crippen LogP contribution in [0.3, 0.4) is 0 Å². The molecule has 0 saturated carbocycles. The third-order valence-corrected chi connectivity index (χ3v) is 6.44. The van der Waals surface area contributed by atoms with Crippen LogP contribution < -0.4 is 0 Å². The molecule has 0 aliphatic carbocycles. The summed E-state index contributed by atoms with van der Waals surface area (Å²) in [5.41, 5.74) is 0.973. The highest BCUT2D eigenvalue weighted by Crippen LogP contribution is 2.30. The smallest absolute Gasteiger partial charge is 0.207 e. The molecule has 0 bridgehead atoms. The molecule has 1 aliphatic heterocycles. The van der Waals surface area contributed by atoms with Crippen LogP contribution in [0, 0.1) is 17.5 Å². The van der Waals surface area contributed by atoms with Crippen molar-refractivity contribution < 1.29 is 21.6 Å². The topological polar surface area (TPSA) is 37.4 Å². The first-order chi connectivity index (χ1) is 11.9. The summed E-state index contributed by atoms with van der Waals surface area (Å²) in [6.07, 6.45) is 2.64. The van der Waals surface area contributed by atoms with Crippen LogP contribution in [-0.2, 0) is 16.4 Å². The fraction of sp³-hybridized carbons (Fsp3) is 0.333. The summed E-state index contributed by atoms with van der Waals surface area (Å²) in [6, 6.07) is 10.5. The molecule has 0 spiro atoms. The number of hydrogen-bond acceptors (Lipinski definition) is 2. The van der Waals surface area contributed by atoms with E-state index in [1.807, 2.05) is 30.3 Å². The summed E-state index contributed by atoms with van der Waals surface area (Å²) in [5, 5.41) is 0. The molecule has 3 rings (SSSR count). The van der Waals surface area contributed by atoms with Gasteiger partial charge in [0, 0.05) is 12.6 Å². The van der Waals surface area contributed by atoms with Gasteiger partial charge in [-0.05, 0) is 37.0 Å². The molecule has 25 heavy (non-hydrogen) atoms. The lowest BCUT2D eigenvalue weighted by atomic mass is 9.98. The number of halogens is 3. The van der Waals surface area contributed by atoms with Crippen LogP contribution in [0.2, 0.25) is 0 Å². The molecule has 1 unspecified atom stereocenters. The summed E-state index contributed by atoms with van der Waals surface area (Å²) in [5.74, 6) is -4.84. The van der Waals surface area contributed by atoms with Crippen LogP contribution in [0.5, 0.6) is 0 Å². The number of benzene rings is 2. The van der Waals surface area contributed by atoms with E-state index in [0.717, 1.165) is 18.1 Å². The number of rotatable bonds is 4. The fourth-order valence-electron chi connectivity index (χ4n) is 3.21. The second-order valence-corrected chi connectivity index (χ2v) is 7.99. The van der Waals surface area contributed by atoms with Crippen molar-refractivity contribution in [2.75, 3.05) is 6.54 Å². The average molecular weight is 369 g/mol. The van der Waals surface area contributed by atoms with E-state index in [-0.39, 0.29) is 12.6 Å². The predicted octanol–water partition coefficient (Wildman–Crippen LogP) is 3.89. The molecule has 134 valence electrons. The molecule has 1 heterocycles. The maximum atomic E-state index is 14.0. The number of piperidine rings is 1. The van der Waals surface area contributed by atoms with Gasteiger partial charge in [-0.2, -0.15) is 4.31 Å². The third-order valence-electron chi connectivity index (χ3n) is 4.47. The van der Waals surface area contributed by atoms with Crippen molar-refractivity contribution >= 4 is 10.0 Å². The molecule has 3 nitrogen and oxygen atoms in total. The highest BCUT2D eigenvalue weighted by atomic mass is 32.2. The van der Waals surface area contributed by atoms with Gasteiger partial charge in [0.15, 0.2) is 17.5 Å². The molecule has 2 aromatic rings. The van der Waals surface area contributed by atoms with E-state index in [0.29, 0.717) is 25.3 Å². The summed E-state index contributed by atoms with van der Waals surface area (Å²) in [6.45, 7) is 0.234. The Morgan fingerprint density at radius 1 is 0.960 bits per heavy atom. The molecule has 0 radical (unpaired) electrons. The summed E-state index contributed by atoms with van der Waals surface area (Å²) < 4.78 is 67.6. The number of hydrogen-bond donors (Lipinski definition) is 0. The zero-order chi connectivity index (χ0) is 18.0. The molecule has 0 aromatic heterocycles. The molecule has 1 fully saturated rings. The Morgan fingerprint density at radius 2 is 1.68 bits per heavy atom. The summed E-state index contributed by atoms with van der Waals surface area (Å²) in [4.78, 5) is -0.814. The molecule has 7 heteroatoms. The zero-order valence-corrected chi connectivity index (χ0v) is 14.3. The minimum atomic E-state index is -4.25. The van der Waals surface area contributed by atoms with E-state index in [1.54, 1.807) is 0 Å². The molecule has 1 aliphatic rings. The van der Waals surface area contributed by atoms with Gasteiger partial charge in [-0.25, -0.2) is 21.6 Å². The van der Waals surface area contributed by atoms with Gasteiger partial charge in [-0.3, -0.25) is 0 Å². The zero-order valence-electron chi connectivity index (χ0n) is 13.5. The van der Waals surface area contributed by atoms with Gasteiger partial charge in [-0.1, -0.05) is 36.8 Å². The standard InChI is InChI=1S/C18H18F3NO2S/c19-15-9-10-16(18(21)17(15)20)25(23,24)22-11-5-4-8-14(22)12-13-6-2-1-3-7-13/h1-3,6-7,9-10,14H,4-5,8,11-12H2. The second kappa shape index (κ2) is 7.17. The van der Waals surface area contributed by atoms with Crippen LogP contribution in [-0.4, -0.2) is 25.3 Å². The molecule has 1 atom stereocenters. The van der Waals surface area contributed by atoms with Crippen molar-refractivity contribution in [3.8, 4) is 0 Å². The minimum absolute atomic E-state index is 0.234. The van der Waals surface area contributed by atoms with Crippen LogP contribution >= 0.6 is 0 Å². The van der Waals surface area contributed by atoms with E-state index >= 15 is 0 Å². The summed E-state index contributed by atoms with van der Waals surface area (Å²) >= 11 is 0. The number of sulfonamides is 1. The fourth-order valence-corrected chi connectivity index (χ4v) is 4.97. The van der Waals surface area contributed by atoms with Crippen LogP contribution in [0.25, 0.3) is 0 Å². The second-order valence-electron chi connectivity index (χ2n) is 6.13. The van der Waals surface area contributed by atoms with E-state index in [1.165, 1.54) is 4.31 Å².